The van der Waals surface area contributed by atoms with Crippen molar-refractivity contribution in [2.24, 2.45) is 0 Å². The lowest BCUT2D eigenvalue weighted by atomic mass is 10.1. The molecule has 0 aliphatic heterocycles. The van der Waals surface area contributed by atoms with E-state index < -0.39 is 10.8 Å². The second-order valence-corrected chi connectivity index (χ2v) is 6.15. The first-order valence-electron chi connectivity index (χ1n) is 6.24. The lowest BCUT2D eigenvalue weighted by molar-refractivity contribution is -0.125. The molecule has 0 aliphatic rings. The van der Waals surface area contributed by atoms with Gasteiger partial charge in [0.2, 0.25) is 5.91 Å². The first kappa shape index (κ1) is 14.5. The highest BCUT2D eigenvalue weighted by atomic mass is 32.2. The molecule has 1 atom stereocenters. The number of carbonyl (C=O) groups excluding carboxylic acids is 1. The van der Waals surface area contributed by atoms with Crippen molar-refractivity contribution in [3.8, 4) is 11.3 Å². The zero-order chi connectivity index (χ0) is 14.5. The van der Waals surface area contributed by atoms with Crippen LogP contribution in [0.5, 0.6) is 0 Å². The second-order valence-electron chi connectivity index (χ2n) is 4.69. The standard InChI is InChI=1S/C15H17NO3S/c1-16(2)15(17)11-20(18)10-12-5-7-13(8-6-12)14-4-3-9-19-14/h3-9H,10-11H2,1-2H3/t20-/m1/s1. The van der Waals surface area contributed by atoms with Gasteiger partial charge in [-0.2, -0.15) is 0 Å². The van der Waals surface area contributed by atoms with Gasteiger partial charge in [-0.15, -0.1) is 0 Å². The second kappa shape index (κ2) is 6.52. The summed E-state index contributed by atoms with van der Waals surface area (Å²) in [5.74, 6) is 1.14. The van der Waals surface area contributed by atoms with E-state index in [-0.39, 0.29) is 11.7 Å². The summed E-state index contributed by atoms with van der Waals surface area (Å²) in [4.78, 5) is 12.9. The van der Waals surface area contributed by atoms with Gasteiger partial charge in [-0.3, -0.25) is 9.00 Å². The van der Waals surface area contributed by atoms with Gasteiger partial charge >= 0.3 is 0 Å². The Balaban J connectivity index is 1.97. The van der Waals surface area contributed by atoms with Gasteiger partial charge < -0.3 is 9.32 Å². The maximum atomic E-state index is 11.9. The molecule has 0 unspecified atom stereocenters. The van der Waals surface area contributed by atoms with Crippen molar-refractivity contribution in [2.45, 2.75) is 5.75 Å². The summed E-state index contributed by atoms with van der Waals surface area (Å²) < 4.78 is 17.2. The third-order valence-electron chi connectivity index (χ3n) is 2.87. The average Bonchev–Trinajstić information content (AvgIpc) is 2.93. The number of furan rings is 1. The minimum Gasteiger partial charge on any atom is -0.464 e. The van der Waals surface area contributed by atoms with E-state index in [9.17, 15) is 9.00 Å². The topological polar surface area (TPSA) is 50.5 Å². The Kier molecular flexibility index (Phi) is 4.74. The van der Waals surface area contributed by atoms with E-state index in [1.54, 1.807) is 20.4 Å². The molecule has 5 heteroatoms. The molecule has 20 heavy (non-hydrogen) atoms. The van der Waals surface area contributed by atoms with Gasteiger partial charge in [-0.1, -0.05) is 24.3 Å². The fourth-order valence-electron chi connectivity index (χ4n) is 1.71. The van der Waals surface area contributed by atoms with Crippen LogP contribution in [0.3, 0.4) is 0 Å². The molecule has 4 nitrogen and oxygen atoms in total. The van der Waals surface area contributed by atoms with E-state index in [0.717, 1.165) is 16.9 Å². The molecule has 0 spiro atoms. The molecule has 1 amide bonds. The van der Waals surface area contributed by atoms with Crippen molar-refractivity contribution in [1.29, 1.82) is 0 Å². The van der Waals surface area contributed by atoms with Gasteiger partial charge in [0.25, 0.3) is 0 Å². The predicted molar refractivity (Wildman–Crippen MR) is 79.6 cm³/mol. The highest BCUT2D eigenvalue weighted by molar-refractivity contribution is 7.84. The molecule has 0 fully saturated rings. The summed E-state index contributed by atoms with van der Waals surface area (Å²) in [6, 6.07) is 11.4. The summed E-state index contributed by atoms with van der Waals surface area (Å²) in [6.45, 7) is 0. The van der Waals surface area contributed by atoms with Crippen LogP contribution >= 0.6 is 0 Å². The minimum absolute atomic E-state index is 0.0624. The van der Waals surface area contributed by atoms with Crippen LogP contribution in [0.4, 0.5) is 0 Å². The number of benzene rings is 1. The largest absolute Gasteiger partial charge is 0.464 e. The molecule has 0 radical (unpaired) electrons. The van der Waals surface area contributed by atoms with Crippen LogP contribution in [0.1, 0.15) is 5.56 Å². The lowest BCUT2D eigenvalue weighted by Crippen LogP contribution is -2.27. The van der Waals surface area contributed by atoms with Gasteiger partial charge in [0.05, 0.1) is 6.26 Å². The summed E-state index contributed by atoms with van der Waals surface area (Å²) in [7, 11) is 2.15. The minimum atomic E-state index is -1.18. The zero-order valence-corrected chi connectivity index (χ0v) is 12.4. The third kappa shape index (κ3) is 3.81. The fourth-order valence-corrected chi connectivity index (χ4v) is 2.91. The van der Waals surface area contributed by atoms with E-state index in [1.807, 2.05) is 36.4 Å². The molecule has 2 rings (SSSR count). The normalized spacial score (nSPS) is 12.1. The molecule has 0 saturated heterocycles. The number of hydrogen-bond donors (Lipinski definition) is 0. The van der Waals surface area contributed by atoms with E-state index in [4.69, 9.17) is 4.42 Å². The first-order valence-corrected chi connectivity index (χ1v) is 7.73. The van der Waals surface area contributed by atoms with E-state index in [2.05, 4.69) is 0 Å². The number of rotatable bonds is 5. The monoisotopic (exact) mass is 291 g/mol. The Morgan fingerprint density at radius 1 is 1.20 bits per heavy atom. The van der Waals surface area contributed by atoms with Gasteiger partial charge in [0, 0.05) is 36.2 Å². The molecule has 1 heterocycles. The van der Waals surface area contributed by atoms with Crippen LogP contribution in [0.25, 0.3) is 11.3 Å². The number of amides is 1. The van der Waals surface area contributed by atoms with Crippen molar-refractivity contribution in [1.82, 2.24) is 4.90 Å². The van der Waals surface area contributed by atoms with Crippen LogP contribution in [-0.2, 0) is 21.3 Å². The molecule has 0 N–H and O–H groups in total. The van der Waals surface area contributed by atoms with Crippen LogP contribution in [0.15, 0.2) is 47.1 Å². The maximum Gasteiger partial charge on any atom is 0.234 e. The smallest absolute Gasteiger partial charge is 0.234 e. The predicted octanol–water partition coefficient (Wildman–Crippen LogP) is 2.28. The number of carbonyl (C=O) groups is 1. The molecule has 106 valence electrons. The van der Waals surface area contributed by atoms with Crippen LogP contribution < -0.4 is 0 Å². The quantitative estimate of drug-likeness (QED) is 0.849. The SMILES string of the molecule is CN(C)C(=O)C[S@](=O)Cc1ccc(-c2ccco2)cc1. The maximum absolute atomic E-state index is 11.9. The van der Waals surface area contributed by atoms with Crippen molar-refractivity contribution in [3.05, 3.63) is 48.2 Å². The average molecular weight is 291 g/mol. The van der Waals surface area contributed by atoms with Gasteiger partial charge in [-0.25, -0.2) is 0 Å². The Morgan fingerprint density at radius 3 is 2.45 bits per heavy atom. The summed E-state index contributed by atoms with van der Waals surface area (Å²) in [6.07, 6.45) is 1.63. The highest BCUT2D eigenvalue weighted by Gasteiger charge is 2.10. The molecular weight excluding hydrogens is 274 g/mol. The lowest BCUT2D eigenvalue weighted by Gasteiger charge is -2.09. The molecular formula is C15H17NO3S. The molecule has 0 saturated carbocycles. The van der Waals surface area contributed by atoms with Crippen molar-refractivity contribution in [3.63, 3.8) is 0 Å². The third-order valence-corrected chi connectivity index (χ3v) is 4.09. The van der Waals surface area contributed by atoms with E-state index >= 15 is 0 Å². The molecule has 0 aliphatic carbocycles. The summed E-state index contributed by atoms with van der Waals surface area (Å²) in [5, 5.41) is 0. The van der Waals surface area contributed by atoms with Gasteiger partial charge in [-0.05, 0) is 17.7 Å². The molecule has 1 aromatic heterocycles. The molecule has 1 aromatic carbocycles. The van der Waals surface area contributed by atoms with Crippen molar-refractivity contribution >= 4 is 16.7 Å². The van der Waals surface area contributed by atoms with Gasteiger partial charge in [0.1, 0.15) is 11.5 Å². The van der Waals surface area contributed by atoms with Crippen molar-refractivity contribution < 1.29 is 13.4 Å². The molecule has 0 bridgehead atoms. The Bertz CT molecular complexity index is 588. The van der Waals surface area contributed by atoms with Crippen molar-refractivity contribution in [2.75, 3.05) is 19.8 Å². The van der Waals surface area contributed by atoms with Crippen LogP contribution in [-0.4, -0.2) is 34.9 Å². The summed E-state index contributed by atoms with van der Waals surface area (Å²) >= 11 is 0. The van der Waals surface area contributed by atoms with E-state index in [1.165, 1.54) is 4.90 Å². The number of nitrogens with zero attached hydrogens (tertiary/aromatic N) is 1. The number of hydrogen-bond acceptors (Lipinski definition) is 3. The molecule has 2 aromatic rings. The fraction of sp³-hybridized carbons (Fsp3) is 0.267. The highest BCUT2D eigenvalue weighted by Crippen LogP contribution is 2.20. The van der Waals surface area contributed by atoms with Crippen LogP contribution in [0, 0.1) is 0 Å². The summed E-state index contributed by atoms with van der Waals surface area (Å²) in [5.41, 5.74) is 1.93. The Hall–Kier alpha value is -1.88. The Labute approximate surface area is 120 Å². The van der Waals surface area contributed by atoms with E-state index in [0.29, 0.717) is 5.75 Å². The van der Waals surface area contributed by atoms with Crippen LogP contribution in [0.2, 0.25) is 0 Å². The zero-order valence-electron chi connectivity index (χ0n) is 11.5. The first-order chi connectivity index (χ1) is 9.56. The Morgan fingerprint density at radius 2 is 1.90 bits per heavy atom. The van der Waals surface area contributed by atoms with Gasteiger partial charge in [0.15, 0.2) is 0 Å².